The van der Waals surface area contributed by atoms with Crippen molar-refractivity contribution in [2.45, 2.75) is 57.7 Å². The third-order valence-electron chi connectivity index (χ3n) is 7.84. The molecule has 1 heterocycles. The van der Waals surface area contributed by atoms with E-state index in [1.807, 2.05) is 24.3 Å². The highest BCUT2D eigenvalue weighted by Gasteiger charge is 2.36. The van der Waals surface area contributed by atoms with Gasteiger partial charge in [0.05, 0.1) is 30.6 Å². The summed E-state index contributed by atoms with van der Waals surface area (Å²) in [5, 5.41) is 3.50. The fraction of sp³-hybridized carbons (Fsp3) is 0.294. The van der Waals surface area contributed by atoms with Gasteiger partial charge < -0.3 is 26.4 Å². The van der Waals surface area contributed by atoms with Gasteiger partial charge in [-0.3, -0.25) is 0 Å². The van der Waals surface area contributed by atoms with Crippen LogP contribution in [0.15, 0.2) is 91.0 Å². The van der Waals surface area contributed by atoms with Crippen LogP contribution in [0.5, 0.6) is 5.75 Å². The molecule has 2 atom stereocenters. The van der Waals surface area contributed by atoms with Crippen molar-refractivity contribution in [2.75, 3.05) is 28.8 Å². The van der Waals surface area contributed by atoms with Crippen LogP contribution in [-0.2, 0) is 12.0 Å². The Morgan fingerprint density at radius 2 is 1.41 bits per heavy atom. The lowest BCUT2D eigenvalue weighted by molar-refractivity contribution is 0.414. The molecule has 1 aliphatic heterocycles. The quantitative estimate of drug-likeness (QED) is 0.216. The molecule has 5 rings (SSSR count). The minimum atomic E-state index is 0.113. The van der Waals surface area contributed by atoms with Crippen LogP contribution in [0.3, 0.4) is 0 Å². The lowest BCUT2D eigenvalue weighted by Gasteiger charge is -2.34. The van der Waals surface area contributed by atoms with Gasteiger partial charge in [0.15, 0.2) is 0 Å². The fourth-order valence-electron chi connectivity index (χ4n) is 5.57. The summed E-state index contributed by atoms with van der Waals surface area (Å²) in [6.07, 6.45) is 2.11. The van der Waals surface area contributed by atoms with Crippen LogP contribution in [0.25, 0.3) is 0 Å². The molecule has 39 heavy (non-hydrogen) atoms. The Bertz CT molecular complexity index is 1390. The molecule has 2 unspecified atom stereocenters. The molecule has 1 aliphatic rings. The SMILES string of the molecule is COc1ccc(CNc2ccc(C3CCC(c4ccc(N)cc4)N3c3ccc(C(C)(C)C)cc3)cc2N)cc1. The minimum absolute atomic E-state index is 0.113. The van der Waals surface area contributed by atoms with Crippen molar-refractivity contribution in [1.29, 1.82) is 0 Å². The molecule has 0 aromatic heterocycles. The van der Waals surface area contributed by atoms with Crippen LogP contribution in [0.4, 0.5) is 22.7 Å². The van der Waals surface area contributed by atoms with E-state index in [4.69, 9.17) is 16.2 Å². The molecule has 5 heteroatoms. The fourth-order valence-corrected chi connectivity index (χ4v) is 5.57. The number of hydrogen-bond donors (Lipinski definition) is 3. The van der Waals surface area contributed by atoms with E-state index in [0.717, 1.165) is 35.7 Å². The van der Waals surface area contributed by atoms with Gasteiger partial charge >= 0.3 is 0 Å². The lowest BCUT2D eigenvalue weighted by Crippen LogP contribution is -2.26. The molecule has 0 amide bonds. The molecule has 0 spiro atoms. The Kier molecular flexibility index (Phi) is 7.42. The predicted octanol–water partition coefficient (Wildman–Crippen LogP) is 7.85. The van der Waals surface area contributed by atoms with Gasteiger partial charge in [0.2, 0.25) is 0 Å². The Morgan fingerprint density at radius 3 is 2.00 bits per heavy atom. The number of ether oxygens (including phenoxy) is 1. The maximum Gasteiger partial charge on any atom is 0.118 e. The highest BCUT2D eigenvalue weighted by Crippen LogP contribution is 2.47. The summed E-state index contributed by atoms with van der Waals surface area (Å²) in [7, 11) is 1.68. The summed E-state index contributed by atoms with van der Waals surface area (Å²) in [5.41, 5.74) is 21.5. The van der Waals surface area contributed by atoms with Crippen LogP contribution < -0.4 is 26.4 Å². The van der Waals surface area contributed by atoms with E-state index in [2.05, 4.69) is 97.7 Å². The molecule has 4 aromatic rings. The van der Waals surface area contributed by atoms with Gasteiger partial charge in [-0.05, 0) is 89.0 Å². The lowest BCUT2D eigenvalue weighted by atomic mass is 9.87. The zero-order valence-electron chi connectivity index (χ0n) is 23.4. The molecule has 202 valence electrons. The summed E-state index contributed by atoms with van der Waals surface area (Å²) in [6, 6.07) is 32.5. The minimum Gasteiger partial charge on any atom is -0.497 e. The van der Waals surface area contributed by atoms with E-state index in [-0.39, 0.29) is 17.5 Å². The molecular weight excluding hydrogens is 480 g/mol. The summed E-state index contributed by atoms with van der Waals surface area (Å²) < 4.78 is 5.27. The van der Waals surface area contributed by atoms with Crippen molar-refractivity contribution in [2.24, 2.45) is 0 Å². The number of methoxy groups -OCH3 is 1. The zero-order valence-corrected chi connectivity index (χ0v) is 23.4. The molecule has 5 nitrogen and oxygen atoms in total. The summed E-state index contributed by atoms with van der Waals surface area (Å²) >= 11 is 0. The number of nitrogens with two attached hydrogens (primary N) is 2. The molecule has 4 aromatic carbocycles. The summed E-state index contributed by atoms with van der Waals surface area (Å²) in [5.74, 6) is 0.856. The first-order chi connectivity index (χ1) is 18.7. The number of nitrogens with zero attached hydrogens (tertiary/aromatic N) is 1. The predicted molar refractivity (Wildman–Crippen MR) is 164 cm³/mol. The van der Waals surface area contributed by atoms with E-state index < -0.39 is 0 Å². The first-order valence-corrected chi connectivity index (χ1v) is 13.7. The van der Waals surface area contributed by atoms with Gasteiger partial charge in [-0.1, -0.05) is 63.2 Å². The Balaban J connectivity index is 1.41. The molecule has 0 saturated carbocycles. The number of rotatable bonds is 7. The van der Waals surface area contributed by atoms with E-state index in [1.54, 1.807) is 7.11 Å². The van der Waals surface area contributed by atoms with Gasteiger partial charge in [-0.15, -0.1) is 0 Å². The van der Waals surface area contributed by atoms with Crippen molar-refractivity contribution in [3.05, 3.63) is 113 Å². The van der Waals surface area contributed by atoms with Crippen molar-refractivity contribution < 1.29 is 4.74 Å². The third kappa shape index (κ3) is 5.83. The number of anilines is 4. The highest BCUT2D eigenvalue weighted by molar-refractivity contribution is 5.68. The summed E-state index contributed by atoms with van der Waals surface area (Å²) in [4.78, 5) is 2.57. The van der Waals surface area contributed by atoms with E-state index >= 15 is 0 Å². The van der Waals surface area contributed by atoms with E-state index in [1.165, 1.54) is 27.9 Å². The normalized spacial score (nSPS) is 17.3. The molecular formula is C34H40N4O. The van der Waals surface area contributed by atoms with Crippen LogP contribution >= 0.6 is 0 Å². The molecule has 5 N–H and O–H groups in total. The average Bonchev–Trinajstić information content (AvgIpc) is 3.38. The van der Waals surface area contributed by atoms with Gasteiger partial charge in [0, 0.05) is 17.9 Å². The molecule has 1 saturated heterocycles. The largest absolute Gasteiger partial charge is 0.497 e. The average molecular weight is 521 g/mol. The second-order valence-electron chi connectivity index (χ2n) is 11.5. The zero-order chi connectivity index (χ0) is 27.6. The standard InChI is InChI=1S/C34H40N4O/c1-34(2,3)26-10-14-28(15-11-26)38-32(24-7-12-27(35)13-8-24)19-20-33(38)25-9-18-31(30(36)21-25)37-22-23-5-16-29(39-4)17-6-23/h5-18,21,32-33,37H,19-20,22,35-36H2,1-4H3. The van der Waals surface area contributed by atoms with Crippen LogP contribution in [0.2, 0.25) is 0 Å². The second kappa shape index (κ2) is 10.9. The molecule has 1 fully saturated rings. The van der Waals surface area contributed by atoms with Crippen LogP contribution in [0.1, 0.15) is 68.0 Å². The summed E-state index contributed by atoms with van der Waals surface area (Å²) in [6.45, 7) is 7.46. The Hall–Kier alpha value is -4.12. The topological polar surface area (TPSA) is 76.5 Å². The number of nitrogen functional groups attached to an aromatic ring is 2. The number of benzene rings is 4. The molecule has 0 aliphatic carbocycles. The van der Waals surface area contributed by atoms with Crippen LogP contribution in [0, 0.1) is 0 Å². The second-order valence-corrected chi connectivity index (χ2v) is 11.5. The third-order valence-corrected chi connectivity index (χ3v) is 7.84. The van der Waals surface area contributed by atoms with Gasteiger partial charge in [-0.2, -0.15) is 0 Å². The molecule has 0 radical (unpaired) electrons. The van der Waals surface area contributed by atoms with Crippen LogP contribution in [-0.4, -0.2) is 7.11 Å². The maximum atomic E-state index is 6.60. The molecule has 0 bridgehead atoms. The number of nitrogens with one attached hydrogen (secondary N) is 1. The Labute approximate surface area is 232 Å². The van der Waals surface area contributed by atoms with Gasteiger partial charge in [0.25, 0.3) is 0 Å². The van der Waals surface area contributed by atoms with Crippen molar-refractivity contribution in [1.82, 2.24) is 0 Å². The Morgan fingerprint density at radius 1 is 0.795 bits per heavy atom. The van der Waals surface area contributed by atoms with E-state index in [0.29, 0.717) is 6.54 Å². The first-order valence-electron chi connectivity index (χ1n) is 13.7. The smallest absolute Gasteiger partial charge is 0.118 e. The number of hydrogen-bond acceptors (Lipinski definition) is 5. The monoisotopic (exact) mass is 520 g/mol. The van der Waals surface area contributed by atoms with Crippen molar-refractivity contribution in [3.8, 4) is 5.75 Å². The van der Waals surface area contributed by atoms with Crippen molar-refractivity contribution in [3.63, 3.8) is 0 Å². The van der Waals surface area contributed by atoms with Crippen molar-refractivity contribution >= 4 is 22.7 Å². The maximum absolute atomic E-state index is 6.60. The van der Waals surface area contributed by atoms with E-state index in [9.17, 15) is 0 Å². The van der Waals surface area contributed by atoms with Gasteiger partial charge in [-0.25, -0.2) is 0 Å². The first kappa shape index (κ1) is 26.5. The highest BCUT2D eigenvalue weighted by atomic mass is 16.5. The van der Waals surface area contributed by atoms with Gasteiger partial charge in [0.1, 0.15) is 5.75 Å².